The summed E-state index contributed by atoms with van der Waals surface area (Å²) in [5.41, 5.74) is 11.9. The molecule has 0 N–H and O–H groups in total. The van der Waals surface area contributed by atoms with Gasteiger partial charge >= 0.3 is 0 Å². The van der Waals surface area contributed by atoms with Crippen molar-refractivity contribution in [1.29, 1.82) is 0 Å². The van der Waals surface area contributed by atoms with Crippen LogP contribution in [0.1, 0.15) is 0 Å². The van der Waals surface area contributed by atoms with Gasteiger partial charge in [-0.3, -0.25) is 0 Å². The lowest BCUT2D eigenvalue weighted by Crippen LogP contribution is -2.01. The van der Waals surface area contributed by atoms with Gasteiger partial charge in [0.15, 0.2) is 17.5 Å². The summed E-state index contributed by atoms with van der Waals surface area (Å²) in [6.45, 7) is 0. The van der Waals surface area contributed by atoms with Crippen molar-refractivity contribution in [3.05, 3.63) is 212 Å². The van der Waals surface area contributed by atoms with E-state index in [2.05, 4.69) is 215 Å². The summed E-state index contributed by atoms with van der Waals surface area (Å²) < 4.78 is 4.82. The zero-order valence-electron chi connectivity index (χ0n) is 32.4. The summed E-state index contributed by atoms with van der Waals surface area (Å²) in [4.78, 5) is 15.5. The van der Waals surface area contributed by atoms with E-state index >= 15 is 0 Å². The first-order valence-corrected chi connectivity index (χ1v) is 20.3. The minimum Gasteiger partial charge on any atom is -0.307 e. The lowest BCUT2D eigenvalue weighted by Gasteiger charge is -2.14. The van der Waals surface area contributed by atoms with Crippen LogP contribution in [-0.4, -0.2) is 24.1 Å². The van der Waals surface area contributed by atoms with Crippen molar-refractivity contribution >= 4 is 54.4 Å². The topological polar surface area (TPSA) is 48.5 Å². The molecule has 0 aliphatic heterocycles. The van der Waals surface area contributed by atoms with Crippen molar-refractivity contribution < 1.29 is 0 Å². The van der Waals surface area contributed by atoms with E-state index in [0.717, 1.165) is 66.3 Å². The molecule has 9 aromatic carbocycles. The molecule has 0 saturated heterocycles. The van der Waals surface area contributed by atoms with E-state index in [4.69, 9.17) is 15.0 Å². The number of hydrogen-bond donors (Lipinski definition) is 0. The van der Waals surface area contributed by atoms with Gasteiger partial charge in [-0.05, 0) is 76.5 Å². The largest absolute Gasteiger partial charge is 0.307 e. The third kappa shape index (κ3) is 5.52. The Balaban J connectivity index is 1.06. The predicted octanol–water partition coefficient (Wildman–Crippen LogP) is 13.9. The zero-order valence-corrected chi connectivity index (χ0v) is 32.4. The highest BCUT2D eigenvalue weighted by atomic mass is 15.1. The van der Waals surface area contributed by atoms with Crippen molar-refractivity contribution in [3.63, 3.8) is 0 Å². The van der Waals surface area contributed by atoms with Crippen LogP contribution < -0.4 is 0 Å². The van der Waals surface area contributed by atoms with Crippen LogP contribution in [0.3, 0.4) is 0 Å². The van der Waals surface area contributed by atoms with Gasteiger partial charge in [-0.15, -0.1) is 0 Å². The van der Waals surface area contributed by atoms with Gasteiger partial charge in [-0.25, -0.2) is 15.0 Å². The highest BCUT2D eigenvalue weighted by Gasteiger charge is 2.21. The first-order valence-electron chi connectivity index (χ1n) is 20.3. The minimum absolute atomic E-state index is 0.625. The Morgan fingerprint density at radius 2 is 0.783 bits per heavy atom. The van der Waals surface area contributed by atoms with Gasteiger partial charge in [0.25, 0.3) is 0 Å². The predicted molar refractivity (Wildman–Crippen MR) is 248 cm³/mol. The highest BCUT2D eigenvalue weighted by Crippen LogP contribution is 2.40. The maximum atomic E-state index is 5.20. The molecule has 12 aromatic rings. The van der Waals surface area contributed by atoms with Crippen molar-refractivity contribution in [2.24, 2.45) is 0 Å². The van der Waals surface area contributed by atoms with Gasteiger partial charge in [0.2, 0.25) is 0 Å². The van der Waals surface area contributed by atoms with Gasteiger partial charge in [0, 0.05) is 43.9 Å². The molecular weight excluding hydrogens is 731 g/mol. The summed E-state index contributed by atoms with van der Waals surface area (Å²) in [6.07, 6.45) is 0. The molecule has 280 valence electrons. The van der Waals surface area contributed by atoms with Crippen LogP contribution in [0.25, 0.3) is 111 Å². The van der Waals surface area contributed by atoms with Crippen LogP contribution in [0.15, 0.2) is 212 Å². The smallest absolute Gasteiger partial charge is 0.164 e. The molecule has 0 saturated carbocycles. The van der Waals surface area contributed by atoms with Gasteiger partial charge in [-0.1, -0.05) is 158 Å². The average molecular weight is 766 g/mol. The summed E-state index contributed by atoms with van der Waals surface area (Å²) in [6, 6.07) is 75.1. The maximum absolute atomic E-state index is 5.20. The summed E-state index contributed by atoms with van der Waals surface area (Å²) in [5.74, 6) is 1.89. The molecule has 0 aliphatic carbocycles. The third-order valence-electron chi connectivity index (χ3n) is 11.8. The van der Waals surface area contributed by atoms with Crippen LogP contribution in [0.2, 0.25) is 0 Å². The van der Waals surface area contributed by atoms with E-state index in [9.17, 15) is 0 Å². The second kappa shape index (κ2) is 13.8. The SMILES string of the molecule is c1ccc(-c2ccc(-c3nc(-c4ccc5ccccc5c4)nc(-c4ccc5c(c4)c4ccccc4n5-c4cccc5c6ccccc6n(-c6ccccc6)c45)n3)cc2)cc1. The van der Waals surface area contributed by atoms with Gasteiger partial charge in [0.05, 0.1) is 27.8 Å². The van der Waals surface area contributed by atoms with E-state index < -0.39 is 0 Å². The van der Waals surface area contributed by atoms with Crippen molar-refractivity contribution in [2.45, 2.75) is 0 Å². The number of para-hydroxylation sites is 4. The molecule has 0 amide bonds. The molecule has 12 rings (SSSR count). The summed E-state index contributed by atoms with van der Waals surface area (Å²) in [5, 5.41) is 7.04. The lowest BCUT2D eigenvalue weighted by atomic mass is 10.0. The first kappa shape index (κ1) is 33.9. The Kier molecular flexibility index (Phi) is 7.78. The molecule has 0 unspecified atom stereocenters. The molecule has 0 spiro atoms. The Morgan fingerprint density at radius 3 is 1.53 bits per heavy atom. The van der Waals surface area contributed by atoms with E-state index in [0.29, 0.717) is 17.5 Å². The highest BCUT2D eigenvalue weighted by molar-refractivity contribution is 6.15. The molecular formula is C55H35N5. The molecule has 0 aliphatic rings. The zero-order chi connectivity index (χ0) is 39.6. The fraction of sp³-hybridized carbons (Fsp3) is 0. The van der Waals surface area contributed by atoms with Crippen LogP contribution in [0.4, 0.5) is 0 Å². The molecule has 5 heteroatoms. The lowest BCUT2D eigenvalue weighted by molar-refractivity contribution is 1.07. The molecule has 3 heterocycles. The molecule has 0 radical (unpaired) electrons. The molecule has 0 fully saturated rings. The summed E-state index contributed by atoms with van der Waals surface area (Å²) in [7, 11) is 0. The van der Waals surface area contributed by atoms with Gasteiger partial charge in [0.1, 0.15) is 0 Å². The standard InChI is InChI=1S/C55H35N5/c1-3-14-36(15-4-1)38-26-29-39(30-27-38)53-56-54(41-31-28-37-16-7-8-17-40(37)34-41)58-55(57-53)42-32-33-50-47(35-42)45-21-10-12-24-49(45)60(50)51-25-13-22-46-44-20-9-11-23-48(44)59(52(46)51)43-18-5-2-6-19-43/h1-35H. The van der Waals surface area contributed by atoms with Crippen LogP contribution in [-0.2, 0) is 0 Å². The molecule has 0 atom stereocenters. The molecule has 60 heavy (non-hydrogen) atoms. The fourth-order valence-corrected chi connectivity index (χ4v) is 8.93. The molecule has 3 aromatic heterocycles. The van der Waals surface area contributed by atoms with E-state index in [-0.39, 0.29) is 0 Å². The van der Waals surface area contributed by atoms with Crippen molar-refractivity contribution in [3.8, 4) is 56.7 Å². The minimum atomic E-state index is 0.625. The van der Waals surface area contributed by atoms with Crippen LogP contribution >= 0.6 is 0 Å². The Morgan fingerprint density at radius 1 is 0.283 bits per heavy atom. The third-order valence-corrected chi connectivity index (χ3v) is 11.8. The normalized spacial score (nSPS) is 11.7. The van der Waals surface area contributed by atoms with Crippen molar-refractivity contribution in [1.82, 2.24) is 24.1 Å². The quantitative estimate of drug-likeness (QED) is 0.169. The monoisotopic (exact) mass is 765 g/mol. The van der Waals surface area contributed by atoms with Crippen LogP contribution in [0, 0.1) is 0 Å². The molecule has 5 nitrogen and oxygen atoms in total. The second-order valence-electron chi connectivity index (χ2n) is 15.3. The number of nitrogens with zero attached hydrogens (tertiary/aromatic N) is 5. The Labute approximate surface area is 346 Å². The Bertz CT molecular complexity index is 3580. The molecule has 0 bridgehead atoms. The van der Waals surface area contributed by atoms with Crippen molar-refractivity contribution in [2.75, 3.05) is 0 Å². The van der Waals surface area contributed by atoms with Gasteiger partial charge < -0.3 is 9.13 Å². The van der Waals surface area contributed by atoms with E-state index in [1.807, 2.05) is 6.07 Å². The first-order chi connectivity index (χ1) is 29.7. The van der Waals surface area contributed by atoms with Gasteiger partial charge in [-0.2, -0.15) is 0 Å². The number of aromatic nitrogens is 5. The maximum Gasteiger partial charge on any atom is 0.164 e. The number of benzene rings is 9. The number of fused-ring (bicyclic) bond motifs is 7. The van der Waals surface area contributed by atoms with E-state index in [1.165, 1.54) is 27.2 Å². The average Bonchev–Trinajstić information content (AvgIpc) is 3.85. The fourth-order valence-electron chi connectivity index (χ4n) is 8.93. The summed E-state index contributed by atoms with van der Waals surface area (Å²) >= 11 is 0. The van der Waals surface area contributed by atoms with E-state index in [1.54, 1.807) is 0 Å². The Hall–Kier alpha value is -8.15. The number of hydrogen-bond acceptors (Lipinski definition) is 3. The van der Waals surface area contributed by atoms with Crippen LogP contribution in [0.5, 0.6) is 0 Å². The number of rotatable bonds is 6. The second-order valence-corrected chi connectivity index (χ2v) is 15.3.